The van der Waals surface area contributed by atoms with E-state index in [4.69, 9.17) is 5.73 Å². The predicted molar refractivity (Wildman–Crippen MR) is 79.0 cm³/mol. The van der Waals surface area contributed by atoms with Crippen molar-refractivity contribution in [1.82, 2.24) is 4.98 Å². The summed E-state index contributed by atoms with van der Waals surface area (Å²) in [5.74, 6) is 0.579. The van der Waals surface area contributed by atoms with Crippen LogP contribution < -0.4 is 5.73 Å². The quantitative estimate of drug-likeness (QED) is 0.887. The van der Waals surface area contributed by atoms with E-state index in [1.54, 1.807) is 11.3 Å². The molecule has 0 aliphatic rings. The fourth-order valence-electron chi connectivity index (χ4n) is 1.85. The lowest BCUT2D eigenvalue weighted by Gasteiger charge is -2.05. The molecular weight excluding hydrogens is 240 g/mol. The van der Waals surface area contributed by atoms with Crippen LogP contribution in [0.25, 0.3) is 10.6 Å². The van der Waals surface area contributed by atoms with Gasteiger partial charge in [0.1, 0.15) is 5.01 Å². The molecule has 0 amide bonds. The van der Waals surface area contributed by atoms with Crippen molar-refractivity contribution in [1.29, 1.82) is 0 Å². The lowest BCUT2D eigenvalue weighted by Crippen LogP contribution is -2.00. The summed E-state index contributed by atoms with van der Waals surface area (Å²) < 4.78 is 0. The summed E-state index contributed by atoms with van der Waals surface area (Å²) in [6.45, 7) is 5.16. The van der Waals surface area contributed by atoms with Gasteiger partial charge < -0.3 is 5.73 Å². The minimum Gasteiger partial charge on any atom is -0.330 e. The second-order valence-electron chi connectivity index (χ2n) is 4.81. The zero-order valence-corrected chi connectivity index (χ0v) is 11.8. The Labute approximate surface area is 113 Å². The molecule has 0 bridgehead atoms. The van der Waals surface area contributed by atoms with Gasteiger partial charge in [-0.25, -0.2) is 4.98 Å². The summed E-state index contributed by atoms with van der Waals surface area (Å²) in [4.78, 5) is 4.66. The van der Waals surface area contributed by atoms with Crippen LogP contribution in [0.2, 0.25) is 0 Å². The topological polar surface area (TPSA) is 38.9 Å². The van der Waals surface area contributed by atoms with Gasteiger partial charge in [0.25, 0.3) is 0 Å². The van der Waals surface area contributed by atoms with E-state index in [1.165, 1.54) is 11.1 Å². The number of benzene rings is 1. The van der Waals surface area contributed by atoms with E-state index < -0.39 is 0 Å². The molecule has 0 aliphatic carbocycles. The number of nitrogens with zero attached hydrogens (tertiary/aromatic N) is 1. The van der Waals surface area contributed by atoms with Crippen LogP contribution in [0.4, 0.5) is 0 Å². The number of nitrogens with two attached hydrogens (primary N) is 1. The fourth-order valence-corrected chi connectivity index (χ4v) is 2.71. The van der Waals surface area contributed by atoms with Gasteiger partial charge in [0.05, 0.1) is 5.69 Å². The maximum absolute atomic E-state index is 5.51. The number of hydrogen-bond donors (Lipinski definition) is 1. The zero-order chi connectivity index (χ0) is 13.0. The molecule has 1 heterocycles. The van der Waals surface area contributed by atoms with Crippen LogP contribution in [-0.4, -0.2) is 11.5 Å². The predicted octanol–water partition coefficient (Wildman–Crippen LogP) is 3.82. The van der Waals surface area contributed by atoms with Gasteiger partial charge in [-0.05, 0) is 30.9 Å². The fraction of sp³-hybridized carbons (Fsp3) is 0.400. The van der Waals surface area contributed by atoms with Crippen molar-refractivity contribution in [3.8, 4) is 10.6 Å². The molecule has 2 nitrogen and oxygen atoms in total. The first-order valence-electron chi connectivity index (χ1n) is 6.45. The van der Waals surface area contributed by atoms with Gasteiger partial charge in [0, 0.05) is 10.9 Å². The molecule has 2 rings (SSSR count). The third kappa shape index (κ3) is 3.18. The van der Waals surface area contributed by atoms with Gasteiger partial charge in [-0.15, -0.1) is 11.3 Å². The third-order valence-corrected chi connectivity index (χ3v) is 3.95. The van der Waals surface area contributed by atoms with E-state index in [-0.39, 0.29) is 0 Å². The summed E-state index contributed by atoms with van der Waals surface area (Å²) in [6, 6.07) is 8.73. The van der Waals surface area contributed by atoms with Crippen LogP contribution in [0.3, 0.4) is 0 Å². The Morgan fingerprint density at radius 1 is 1.22 bits per heavy atom. The average molecular weight is 260 g/mol. The smallest absolute Gasteiger partial charge is 0.123 e. The first-order valence-corrected chi connectivity index (χ1v) is 7.33. The molecule has 0 atom stereocenters. The SMILES string of the molecule is CC(C)c1ccc(-c2nc(CCCN)cs2)cc1. The Bertz CT molecular complexity index is 485. The highest BCUT2D eigenvalue weighted by atomic mass is 32.1. The molecule has 1 aromatic carbocycles. The molecule has 1 aromatic heterocycles. The van der Waals surface area contributed by atoms with Crippen molar-refractivity contribution in [2.24, 2.45) is 5.73 Å². The first kappa shape index (κ1) is 13.2. The normalized spacial score (nSPS) is 11.1. The lowest BCUT2D eigenvalue weighted by molar-refractivity contribution is 0.816. The molecule has 0 saturated heterocycles. The molecule has 2 aromatic rings. The van der Waals surface area contributed by atoms with Crippen molar-refractivity contribution in [3.05, 3.63) is 40.9 Å². The monoisotopic (exact) mass is 260 g/mol. The summed E-state index contributed by atoms with van der Waals surface area (Å²) in [7, 11) is 0. The number of thiazole rings is 1. The molecule has 0 spiro atoms. The Morgan fingerprint density at radius 2 is 1.94 bits per heavy atom. The van der Waals surface area contributed by atoms with E-state index in [0.717, 1.165) is 30.1 Å². The van der Waals surface area contributed by atoms with Crippen molar-refractivity contribution in [2.45, 2.75) is 32.6 Å². The number of aromatic nitrogens is 1. The molecule has 3 heteroatoms. The van der Waals surface area contributed by atoms with Crippen LogP contribution in [0.1, 0.15) is 37.4 Å². The van der Waals surface area contributed by atoms with E-state index >= 15 is 0 Å². The van der Waals surface area contributed by atoms with E-state index in [0.29, 0.717) is 5.92 Å². The Kier molecular flexibility index (Phi) is 4.50. The van der Waals surface area contributed by atoms with E-state index in [1.807, 2.05) is 0 Å². The summed E-state index contributed by atoms with van der Waals surface area (Å²) in [6.07, 6.45) is 1.99. The molecule has 0 saturated carbocycles. The van der Waals surface area contributed by atoms with Crippen LogP contribution in [0.15, 0.2) is 29.6 Å². The Balaban J connectivity index is 2.13. The van der Waals surface area contributed by atoms with E-state index in [9.17, 15) is 0 Å². The molecule has 0 fully saturated rings. The number of hydrogen-bond acceptors (Lipinski definition) is 3. The van der Waals surface area contributed by atoms with Gasteiger partial charge in [-0.1, -0.05) is 38.1 Å². The van der Waals surface area contributed by atoms with Crippen LogP contribution in [-0.2, 0) is 6.42 Å². The highest BCUT2D eigenvalue weighted by molar-refractivity contribution is 7.13. The minimum absolute atomic E-state index is 0.579. The summed E-state index contributed by atoms with van der Waals surface area (Å²) >= 11 is 1.72. The molecule has 0 radical (unpaired) electrons. The van der Waals surface area contributed by atoms with Gasteiger partial charge in [-0.2, -0.15) is 0 Å². The van der Waals surface area contributed by atoms with Crippen molar-refractivity contribution >= 4 is 11.3 Å². The largest absolute Gasteiger partial charge is 0.330 e. The maximum Gasteiger partial charge on any atom is 0.123 e. The second-order valence-corrected chi connectivity index (χ2v) is 5.67. The number of rotatable bonds is 5. The van der Waals surface area contributed by atoms with Crippen molar-refractivity contribution in [3.63, 3.8) is 0 Å². The molecular formula is C15H20N2S. The Hall–Kier alpha value is -1.19. The van der Waals surface area contributed by atoms with Gasteiger partial charge >= 0.3 is 0 Å². The molecule has 2 N–H and O–H groups in total. The van der Waals surface area contributed by atoms with E-state index in [2.05, 4.69) is 48.5 Å². The summed E-state index contributed by atoms with van der Waals surface area (Å²) in [5, 5.41) is 3.25. The lowest BCUT2D eigenvalue weighted by atomic mass is 10.0. The molecule has 18 heavy (non-hydrogen) atoms. The van der Waals surface area contributed by atoms with Crippen LogP contribution in [0, 0.1) is 0 Å². The molecule has 96 valence electrons. The summed E-state index contributed by atoms with van der Waals surface area (Å²) in [5.41, 5.74) is 9.26. The first-order chi connectivity index (χ1) is 8.70. The third-order valence-electron chi connectivity index (χ3n) is 3.01. The highest BCUT2D eigenvalue weighted by Gasteiger charge is 2.05. The minimum atomic E-state index is 0.579. The average Bonchev–Trinajstić information content (AvgIpc) is 2.85. The zero-order valence-electron chi connectivity index (χ0n) is 11.0. The standard InChI is InChI=1S/C15H20N2S/c1-11(2)12-5-7-13(8-6-12)15-17-14(10-18-15)4-3-9-16/h5-8,10-11H,3-4,9,16H2,1-2H3. The van der Waals surface area contributed by atoms with Gasteiger partial charge in [0.15, 0.2) is 0 Å². The molecule has 0 aliphatic heterocycles. The van der Waals surface area contributed by atoms with Gasteiger partial charge in [0.2, 0.25) is 0 Å². The van der Waals surface area contributed by atoms with Crippen LogP contribution in [0.5, 0.6) is 0 Å². The van der Waals surface area contributed by atoms with Crippen molar-refractivity contribution < 1.29 is 0 Å². The maximum atomic E-state index is 5.51. The Morgan fingerprint density at radius 3 is 2.56 bits per heavy atom. The second kappa shape index (κ2) is 6.12. The number of aryl methyl sites for hydroxylation is 1. The highest BCUT2D eigenvalue weighted by Crippen LogP contribution is 2.26. The van der Waals surface area contributed by atoms with Crippen LogP contribution >= 0.6 is 11.3 Å². The molecule has 0 unspecified atom stereocenters. The van der Waals surface area contributed by atoms with Crippen molar-refractivity contribution in [2.75, 3.05) is 6.54 Å². The van der Waals surface area contributed by atoms with Gasteiger partial charge in [-0.3, -0.25) is 0 Å².